The molecule has 0 atom stereocenters. The second-order valence-corrected chi connectivity index (χ2v) is 3.07. The Labute approximate surface area is 81.8 Å². The number of nitrogens with zero attached hydrogens (tertiary/aromatic N) is 2. The lowest BCUT2D eigenvalue weighted by Crippen LogP contribution is -2.40. The largest absolute Gasteiger partial charge is 0.355 e. The first-order valence-corrected chi connectivity index (χ1v) is 4.38. The summed E-state index contributed by atoms with van der Waals surface area (Å²) in [5.74, 6) is -0.645. The molecule has 0 spiro atoms. The molecule has 6 heteroatoms. The highest BCUT2D eigenvalue weighted by Crippen LogP contribution is 2.06. The maximum atomic E-state index is 11.3. The van der Waals surface area contributed by atoms with Gasteiger partial charge < -0.3 is 10.2 Å². The number of likely N-dealkylation sites (N-methyl/N-ethyl adjacent to an activating group) is 2. The number of urea groups is 1. The molecule has 1 aliphatic heterocycles. The van der Waals surface area contributed by atoms with Crippen LogP contribution < -0.4 is 5.32 Å². The van der Waals surface area contributed by atoms with Crippen molar-refractivity contribution >= 4 is 17.8 Å². The first-order chi connectivity index (χ1) is 6.56. The van der Waals surface area contributed by atoms with E-state index < -0.39 is 6.03 Å². The maximum absolute atomic E-state index is 11.3. The van der Waals surface area contributed by atoms with Gasteiger partial charge in [-0.1, -0.05) is 0 Å². The highest BCUT2D eigenvalue weighted by atomic mass is 16.2. The van der Waals surface area contributed by atoms with Crippen LogP contribution in [0.5, 0.6) is 0 Å². The van der Waals surface area contributed by atoms with E-state index in [9.17, 15) is 14.4 Å². The van der Waals surface area contributed by atoms with E-state index >= 15 is 0 Å². The second-order valence-electron chi connectivity index (χ2n) is 3.07. The smallest absolute Gasteiger partial charge is 0.327 e. The predicted molar refractivity (Wildman–Crippen MR) is 48.4 cm³/mol. The molecule has 0 aromatic rings. The minimum Gasteiger partial charge on any atom is -0.355 e. The Morgan fingerprint density at radius 2 is 2.14 bits per heavy atom. The van der Waals surface area contributed by atoms with Gasteiger partial charge in [-0.15, -0.1) is 0 Å². The average molecular weight is 199 g/mol. The molecule has 0 saturated carbocycles. The fraction of sp³-hybridized carbons (Fsp3) is 0.625. The van der Waals surface area contributed by atoms with E-state index in [0.717, 1.165) is 4.90 Å². The molecule has 1 heterocycles. The fourth-order valence-corrected chi connectivity index (χ4v) is 1.22. The van der Waals surface area contributed by atoms with Crippen molar-refractivity contribution < 1.29 is 14.4 Å². The van der Waals surface area contributed by atoms with Gasteiger partial charge in [0.2, 0.25) is 5.91 Å². The molecule has 1 rings (SSSR count). The van der Waals surface area contributed by atoms with Crippen LogP contribution in [0.15, 0.2) is 0 Å². The van der Waals surface area contributed by atoms with Crippen molar-refractivity contribution in [3.63, 3.8) is 0 Å². The van der Waals surface area contributed by atoms with Crippen LogP contribution >= 0.6 is 0 Å². The van der Waals surface area contributed by atoms with Crippen LogP contribution in [0.25, 0.3) is 0 Å². The Hall–Kier alpha value is -1.59. The summed E-state index contributed by atoms with van der Waals surface area (Å²) in [4.78, 5) is 35.9. The zero-order valence-electron chi connectivity index (χ0n) is 8.24. The summed E-state index contributed by atoms with van der Waals surface area (Å²) < 4.78 is 0. The third-order valence-corrected chi connectivity index (χ3v) is 1.91. The van der Waals surface area contributed by atoms with E-state index in [1.807, 2.05) is 0 Å². The third kappa shape index (κ3) is 2.01. The topological polar surface area (TPSA) is 69.7 Å². The summed E-state index contributed by atoms with van der Waals surface area (Å²) in [7, 11) is 1.53. The lowest BCUT2D eigenvalue weighted by Gasteiger charge is -2.12. The SMILES string of the molecule is CCNC(=O)CN1C(=O)CN(C)C1=O. The second kappa shape index (κ2) is 4.08. The number of carbonyl (C=O) groups is 3. The number of nitrogens with one attached hydrogen (secondary N) is 1. The predicted octanol–water partition coefficient (Wildman–Crippen LogP) is -0.983. The van der Waals surface area contributed by atoms with Gasteiger partial charge in [0, 0.05) is 13.6 Å². The highest BCUT2D eigenvalue weighted by Gasteiger charge is 2.34. The Balaban J connectivity index is 2.56. The minimum atomic E-state index is -0.416. The normalized spacial score (nSPS) is 16.4. The van der Waals surface area contributed by atoms with Crippen LogP contribution in [-0.4, -0.2) is 54.3 Å². The molecule has 1 saturated heterocycles. The zero-order chi connectivity index (χ0) is 10.7. The first-order valence-electron chi connectivity index (χ1n) is 4.38. The van der Waals surface area contributed by atoms with Gasteiger partial charge in [-0.05, 0) is 6.92 Å². The Morgan fingerprint density at radius 1 is 1.50 bits per heavy atom. The number of rotatable bonds is 3. The first kappa shape index (κ1) is 10.5. The van der Waals surface area contributed by atoms with E-state index in [4.69, 9.17) is 0 Å². The van der Waals surface area contributed by atoms with Crippen LogP contribution in [0.1, 0.15) is 6.92 Å². The molecule has 6 nitrogen and oxygen atoms in total. The van der Waals surface area contributed by atoms with Gasteiger partial charge in [-0.2, -0.15) is 0 Å². The molecular formula is C8H13N3O3. The van der Waals surface area contributed by atoms with Gasteiger partial charge in [0.25, 0.3) is 5.91 Å². The van der Waals surface area contributed by atoms with Crippen molar-refractivity contribution in [1.29, 1.82) is 0 Å². The summed E-state index contributed by atoms with van der Waals surface area (Å²) in [6.45, 7) is 2.14. The third-order valence-electron chi connectivity index (χ3n) is 1.91. The molecule has 0 aliphatic carbocycles. The number of amides is 4. The molecular weight excluding hydrogens is 186 g/mol. The maximum Gasteiger partial charge on any atom is 0.327 e. The van der Waals surface area contributed by atoms with Crippen LogP contribution in [0.2, 0.25) is 0 Å². The molecule has 78 valence electrons. The van der Waals surface area contributed by atoms with Gasteiger partial charge in [0.1, 0.15) is 13.1 Å². The molecule has 0 unspecified atom stereocenters. The van der Waals surface area contributed by atoms with E-state index in [2.05, 4.69) is 5.32 Å². The summed E-state index contributed by atoms with van der Waals surface area (Å²) in [6, 6.07) is -0.416. The van der Waals surface area contributed by atoms with Crippen LogP contribution in [0.3, 0.4) is 0 Å². The molecule has 1 aliphatic rings. The van der Waals surface area contributed by atoms with Gasteiger partial charge in [-0.25, -0.2) is 4.79 Å². The summed E-state index contributed by atoms with van der Waals surface area (Å²) in [5.41, 5.74) is 0. The number of imide groups is 1. The monoisotopic (exact) mass is 199 g/mol. The van der Waals surface area contributed by atoms with Crippen LogP contribution in [0.4, 0.5) is 4.79 Å². The van der Waals surface area contributed by atoms with Gasteiger partial charge >= 0.3 is 6.03 Å². The van der Waals surface area contributed by atoms with Gasteiger partial charge in [0.05, 0.1) is 0 Å². The van der Waals surface area contributed by atoms with Crippen molar-refractivity contribution in [2.24, 2.45) is 0 Å². The summed E-state index contributed by atoms with van der Waals surface area (Å²) >= 11 is 0. The minimum absolute atomic E-state index is 0.0538. The highest BCUT2D eigenvalue weighted by molar-refractivity contribution is 6.04. The average Bonchev–Trinajstić information content (AvgIpc) is 2.33. The number of hydrogen-bond acceptors (Lipinski definition) is 3. The van der Waals surface area contributed by atoms with Crippen molar-refractivity contribution in [2.45, 2.75) is 6.92 Å². The Bertz CT molecular complexity index is 277. The molecule has 4 amide bonds. The van der Waals surface area contributed by atoms with Crippen molar-refractivity contribution in [3.05, 3.63) is 0 Å². The number of carbonyl (C=O) groups excluding carboxylic acids is 3. The summed E-state index contributed by atoms with van der Waals surface area (Å²) in [5, 5.41) is 2.52. The lowest BCUT2D eigenvalue weighted by molar-refractivity contribution is -0.130. The van der Waals surface area contributed by atoms with E-state index in [0.29, 0.717) is 6.54 Å². The molecule has 0 radical (unpaired) electrons. The van der Waals surface area contributed by atoms with Crippen molar-refractivity contribution in [1.82, 2.24) is 15.1 Å². The van der Waals surface area contributed by atoms with Crippen LogP contribution in [0, 0.1) is 0 Å². The molecule has 0 aromatic heterocycles. The molecule has 14 heavy (non-hydrogen) atoms. The number of hydrogen-bond donors (Lipinski definition) is 1. The van der Waals surface area contributed by atoms with E-state index in [-0.39, 0.29) is 24.9 Å². The molecule has 0 aromatic carbocycles. The summed E-state index contributed by atoms with van der Waals surface area (Å²) in [6.07, 6.45) is 0. The quantitative estimate of drug-likeness (QED) is 0.594. The van der Waals surface area contributed by atoms with Crippen LogP contribution in [-0.2, 0) is 9.59 Å². The Morgan fingerprint density at radius 3 is 2.57 bits per heavy atom. The van der Waals surface area contributed by atoms with Gasteiger partial charge in [0.15, 0.2) is 0 Å². The van der Waals surface area contributed by atoms with E-state index in [1.165, 1.54) is 11.9 Å². The van der Waals surface area contributed by atoms with Crippen molar-refractivity contribution in [2.75, 3.05) is 26.7 Å². The van der Waals surface area contributed by atoms with Gasteiger partial charge in [-0.3, -0.25) is 14.5 Å². The molecule has 1 fully saturated rings. The molecule has 0 bridgehead atoms. The van der Waals surface area contributed by atoms with Crippen molar-refractivity contribution in [3.8, 4) is 0 Å². The molecule has 1 N–H and O–H groups in total. The standard InChI is InChI=1S/C8H13N3O3/c1-3-9-6(12)4-11-7(13)5-10(2)8(11)14/h3-5H2,1-2H3,(H,9,12). The zero-order valence-corrected chi connectivity index (χ0v) is 8.24. The van der Waals surface area contributed by atoms with E-state index in [1.54, 1.807) is 6.92 Å². The Kier molecular flexibility index (Phi) is 3.06. The lowest BCUT2D eigenvalue weighted by atomic mass is 10.5. The fourth-order valence-electron chi connectivity index (χ4n) is 1.22.